The van der Waals surface area contributed by atoms with Gasteiger partial charge in [-0.2, -0.15) is 0 Å². The molecule has 28 heavy (non-hydrogen) atoms. The van der Waals surface area contributed by atoms with Crippen molar-refractivity contribution in [1.82, 2.24) is 9.21 Å². The molecule has 10 heteroatoms. The van der Waals surface area contributed by atoms with Gasteiger partial charge in [0.25, 0.3) is 5.91 Å². The van der Waals surface area contributed by atoms with Crippen LogP contribution in [0.4, 0.5) is 0 Å². The van der Waals surface area contributed by atoms with Gasteiger partial charge in [-0.05, 0) is 41.1 Å². The van der Waals surface area contributed by atoms with Gasteiger partial charge in [-0.25, -0.2) is 12.7 Å². The summed E-state index contributed by atoms with van der Waals surface area (Å²) in [5.41, 5.74) is 0.206. The lowest BCUT2D eigenvalue weighted by Crippen LogP contribution is -2.39. The number of methoxy groups -OCH3 is 1. The molecule has 1 amide bonds. The molecule has 1 rings (SSSR count). The summed E-state index contributed by atoms with van der Waals surface area (Å²) in [5, 5.41) is 0. The number of nitrogens with zero attached hydrogens (tertiary/aromatic N) is 2. The molecule has 0 aliphatic heterocycles. The quantitative estimate of drug-likeness (QED) is 0.377. The predicted octanol–water partition coefficient (Wildman–Crippen LogP) is 1.99. The van der Waals surface area contributed by atoms with Crippen molar-refractivity contribution in [3.8, 4) is 0 Å². The van der Waals surface area contributed by atoms with E-state index in [0.29, 0.717) is 17.7 Å². The second kappa shape index (κ2) is 10.9. The van der Waals surface area contributed by atoms with Crippen molar-refractivity contribution in [3.63, 3.8) is 0 Å². The molecule has 0 saturated carbocycles. The summed E-state index contributed by atoms with van der Waals surface area (Å²) in [4.78, 5) is 26.3. The number of carbonyl (C=O) groups excluding carboxylic acids is 2. The Morgan fingerprint density at radius 1 is 1.25 bits per heavy atom. The van der Waals surface area contributed by atoms with E-state index in [9.17, 15) is 18.0 Å². The van der Waals surface area contributed by atoms with E-state index in [-0.39, 0.29) is 23.5 Å². The van der Waals surface area contributed by atoms with Crippen LogP contribution in [-0.2, 0) is 24.3 Å². The van der Waals surface area contributed by atoms with Gasteiger partial charge in [0.2, 0.25) is 10.0 Å². The molecule has 0 radical (unpaired) electrons. The van der Waals surface area contributed by atoms with Crippen LogP contribution in [0.25, 0.3) is 0 Å². The van der Waals surface area contributed by atoms with Crippen LogP contribution in [0, 0.1) is 5.92 Å². The number of halogens is 1. The van der Waals surface area contributed by atoms with E-state index in [0.717, 1.165) is 4.31 Å². The van der Waals surface area contributed by atoms with Gasteiger partial charge >= 0.3 is 5.97 Å². The van der Waals surface area contributed by atoms with Gasteiger partial charge in [-0.15, -0.1) is 0 Å². The summed E-state index contributed by atoms with van der Waals surface area (Å²) in [6, 6.07) is 4.39. The maximum Gasteiger partial charge on any atom is 0.310 e. The van der Waals surface area contributed by atoms with Gasteiger partial charge in [-0.3, -0.25) is 9.59 Å². The Morgan fingerprint density at radius 3 is 2.43 bits per heavy atom. The number of carbonyl (C=O) groups is 2. The molecule has 0 aliphatic carbocycles. The van der Waals surface area contributed by atoms with Crippen molar-refractivity contribution in [2.75, 3.05) is 47.5 Å². The number of esters is 1. The number of hydrogen-bond acceptors (Lipinski definition) is 6. The first kappa shape index (κ1) is 24.5. The molecule has 0 fully saturated rings. The molecule has 0 spiro atoms. The van der Waals surface area contributed by atoms with Crippen LogP contribution < -0.4 is 0 Å². The van der Waals surface area contributed by atoms with Crippen LogP contribution in [0.2, 0.25) is 0 Å². The van der Waals surface area contributed by atoms with Crippen molar-refractivity contribution >= 4 is 37.8 Å². The number of rotatable bonds is 10. The third-order valence-electron chi connectivity index (χ3n) is 4.03. The molecule has 0 aromatic heterocycles. The number of sulfonamides is 1. The van der Waals surface area contributed by atoms with E-state index in [1.54, 1.807) is 6.92 Å². The van der Waals surface area contributed by atoms with Crippen molar-refractivity contribution < 1.29 is 27.5 Å². The Morgan fingerprint density at radius 2 is 1.89 bits per heavy atom. The highest BCUT2D eigenvalue weighted by Crippen LogP contribution is 2.26. The lowest BCUT2D eigenvalue weighted by molar-refractivity contribution is -0.145. The summed E-state index contributed by atoms with van der Waals surface area (Å²) < 4.78 is 36.5. The third kappa shape index (κ3) is 6.26. The van der Waals surface area contributed by atoms with Crippen LogP contribution in [-0.4, -0.2) is 77.0 Å². The van der Waals surface area contributed by atoms with Crippen molar-refractivity contribution in [2.45, 2.75) is 18.7 Å². The van der Waals surface area contributed by atoms with Gasteiger partial charge in [0.15, 0.2) is 0 Å². The zero-order valence-corrected chi connectivity index (χ0v) is 19.2. The lowest BCUT2D eigenvalue weighted by Gasteiger charge is -2.25. The zero-order chi connectivity index (χ0) is 21.5. The Hall–Kier alpha value is -1.49. The largest absolute Gasteiger partial charge is 0.469 e. The molecule has 0 unspecified atom stereocenters. The number of ether oxygens (including phenoxy) is 2. The van der Waals surface area contributed by atoms with E-state index in [1.807, 2.05) is 6.92 Å². The first-order valence-electron chi connectivity index (χ1n) is 8.73. The molecule has 0 heterocycles. The van der Waals surface area contributed by atoms with E-state index >= 15 is 0 Å². The molecule has 8 nitrogen and oxygen atoms in total. The molecular weight excluding hydrogens is 452 g/mol. The molecule has 1 atom stereocenters. The summed E-state index contributed by atoms with van der Waals surface area (Å²) in [6.07, 6.45) is 0. The molecule has 0 bridgehead atoms. The maximum atomic E-state index is 13.0. The second-order valence-corrected chi connectivity index (χ2v) is 9.28. The standard InChI is InChI=1S/C18H27BrN2O6S/c1-6-27-10-9-21(12-13(2)18(23)26-5)17(22)14-7-8-15(19)16(11-14)28(24,25)20(3)4/h7-8,11,13H,6,9-10,12H2,1-5H3/t13-/m0/s1. The molecule has 158 valence electrons. The van der Waals surface area contributed by atoms with Gasteiger partial charge in [0, 0.05) is 43.8 Å². The molecule has 1 aromatic carbocycles. The summed E-state index contributed by atoms with van der Waals surface area (Å²) >= 11 is 3.23. The highest BCUT2D eigenvalue weighted by atomic mass is 79.9. The highest BCUT2D eigenvalue weighted by molar-refractivity contribution is 9.10. The average Bonchev–Trinajstić information content (AvgIpc) is 2.66. The van der Waals surface area contributed by atoms with Crippen LogP contribution >= 0.6 is 15.9 Å². The number of hydrogen-bond donors (Lipinski definition) is 0. The van der Waals surface area contributed by atoms with Gasteiger partial charge < -0.3 is 14.4 Å². The topological polar surface area (TPSA) is 93.2 Å². The highest BCUT2D eigenvalue weighted by Gasteiger charge is 2.26. The van der Waals surface area contributed by atoms with E-state index in [4.69, 9.17) is 9.47 Å². The molecule has 0 saturated heterocycles. The first-order valence-corrected chi connectivity index (χ1v) is 11.0. The Balaban J connectivity index is 3.22. The number of benzene rings is 1. The van der Waals surface area contributed by atoms with Gasteiger partial charge in [-0.1, -0.05) is 6.92 Å². The zero-order valence-electron chi connectivity index (χ0n) is 16.8. The first-order chi connectivity index (χ1) is 13.1. The molecular formula is C18H27BrN2O6S. The van der Waals surface area contributed by atoms with E-state index in [2.05, 4.69) is 15.9 Å². The van der Waals surface area contributed by atoms with Crippen LogP contribution in [0.1, 0.15) is 24.2 Å². The third-order valence-corrected chi connectivity index (χ3v) is 6.84. The lowest BCUT2D eigenvalue weighted by atomic mass is 10.1. The van der Waals surface area contributed by atoms with E-state index < -0.39 is 27.8 Å². The van der Waals surface area contributed by atoms with Crippen LogP contribution in [0.3, 0.4) is 0 Å². The summed E-state index contributed by atoms with van der Waals surface area (Å²) in [6.45, 7) is 4.70. The predicted molar refractivity (Wildman–Crippen MR) is 109 cm³/mol. The molecule has 0 N–H and O–H groups in total. The molecule has 0 aliphatic rings. The van der Waals surface area contributed by atoms with Crippen molar-refractivity contribution in [2.24, 2.45) is 5.92 Å². The Labute approximate surface area is 175 Å². The van der Waals surface area contributed by atoms with Gasteiger partial charge in [0.05, 0.1) is 24.5 Å². The Bertz CT molecular complexity index is 797. The minimum absolute atomic E-state index is 0.00544. The average molecular weight is 479 g/mol. The maximum absolute atomic E-state index is 13.0. The fourth-order valence-corrected chi connectivity index (χ4v) is 4.26. The number of amides is 1. The smallest absolute Gasteiger partial charge is 0.310 e. The van der Waals surface area contributed by atoms with Crippen molar-refractivity contribution in [1.29, 1.82) is 0 Å². The summed E-state index contributed by atoms with van der Waals surface area (Å²) in [5.74, 6) is -1.35. The van der Waals surface area contributed by atoms with Crippen LogP contribution in [0.15, 0.2) is 27.6 Å². The molecule has 1 aromatic rings. The van der Waals surface area contributed by atoms with Crippen LogP contribution in [0.5, 0.6) is 0 Å². The fourth-order valence-electron chi connectivity index (χ4n) is 2.41. The second-order valence-electron chi connectivity index (χ2n) is 6.30. The Kier molecular flexibility index (Phi) is 9.55. The minimum atomic E-state index is -3.73. The monoisotopic (exact) mass is 478 g/mol. The SMILES string of the molecule is CCOCCN(C[C@H](C)C(=O)OC)C(=O)c1ccc(Br)c(S(=O)(=O)N(C)C)c1. The van der Waals surface area contributed by atoms with Gasteiger partial charge in [0.1, 0.15) is 0 Å². The fraction of sp³-hybridized carbons (Fsp3) is 0.556. The minimum Gasteiger partial charge on any atom is -0.469 e. The van der Waals surface area contributed by atoms with Crippen molar-refractivity contribution in [3.05, 3.63) is 28.2 Å². The normalized spacial score (nSPS) is 12.7. The van der Waals surface area contributed by atoms with E-state index in [1.165, 1.54) is 44.3 Å². The summed E-state index contributed by atoms with van der Waals surface area (Å²) in [7, 11) is 0.395.